The van der Waals surface area contributed by atoms with Gasteiger partial charge in [-0.3, -0.25) is 4.98 Å². The SMILES string of the molecule is Cc1ncoc1-c1nnc(SCCCN2CC3CC3(c3cccc4ncccc34)C2)n1C. The minimum absolute atomic E-state index is 0.336. The van der Waals surface area contributed by atoms with Crippen molar-refractivity contribution < 1.29 is 4.42 Å². The largest absolute Gasteiger partial charge is 0.440 e. The maximum absolute atomic E-state index is 5.47. The monoisotopic (exact) mass is 446 g/mol. The highest BCUT2D eigenvalue weighted by molar-refractivity contribution is 7.99. The lowest BCUT2D eigenvalue weighted by atomic mass is 9.91. The Morgan fingerprint density at radius 3 is 3.00 bits per heavy atom. The molecular weight excluding hydrogens is 420 g/mol. The summed E-state index contributed by atoms with van der Waals surface area (Å²) in [5, 5.41) is 10.9. The number of oxazole rings is 1. The summed E-state index contributed by atoms with van der Waals surface area (Å²) in [4.78, 5) is 11.4. The fraction of sp³-hybridized carbons (Fsp3) is 0.417. The van der Waals surface area contributed by atoms with Crippen molar-refractivity contribution in [2.75, 3.05) is 25.4 Å². The van der Waals surface area contributed by atoms with Crippen LogP contribution in [-0.2, 0) is 12.5 Å². The maximum Gasteiger partial charge on any atom is 0.202 e. The zero-order valence-electron chi connectivity index (χ0n) is 18.4. The van der Waals surface area contributed by atoms with E-state index in [9.17, 15) is 0 Å². The average molecular weight is 447 g/mol. The van der Waals surface area contributed by atoms with Crippen LogP contribution in [0.3, 0.4) is 0 Å². The van der Waals surface area contributed by atoms with Gasteiger partial charge in [-0.2, -0.15) is 0 Å². The predicted octanol–water partition coefficient (Wildman–Crippen LogP) is 4.08. The molecule has 2 atom stereocenters. The van der Waals surface area contributed by atoms with Gasteiger partial charge in [0, 0.05) is 42.9 Å². The highest BCUT2D eigenvalue weighted by Gasteiger charge is 2.60. The zero-order valence-corrected chi connectivity index (χ0v) is 19.2. The zero-order chi connectivity index (χ0) is 21.7. The molecule has 6 rings (SSSR count). The summed E-state index contributed by atoms with van der Waals surface area (Å²) >= 11 is 1.76. The molecule has 1 aliphatic heterocycles. The Bertz CT molecular complexity index is 1280. The summed E-state index contributed by atoms with van der Waals surface area (Å²) in [5.74, 6) is 3.23. The number of piperidine rings is 1. The Morgan fingerprint density at radius 2 is 2.12 bits per heavy atom. The number of hydrogen-bond donors (Lipinski definition) is 0. The summed E-state index contributed by atoms with van der Waals surface area (Å²) in [6.07, 6.45) is 5.79. The second kappa shape index (κ2) is 7.71. The topological polar surface area (TPSA) is 72.9 Å². The van der Waals surface area contributed by atoms with Crippen LogP contribution in [-0.4, -0.2) is 55.0 Å². The lowest BCUT2D eigenvalue weighted by molar-refractivity contribution is 0.300. The summed E-state index contributed by atoms with van der Waals surface area (Å²) in [6, 6.07) is 10.9. The number of pyridine rings is 1. The number of likely N-dealkylation sites (tertiary alicyclic amines) is 1. The molecule has 1 saturated carbocycles. The Hall–Kier alpha value is -2.71. The van der Waals surface area contributed by atoms with Crippen molar-refractivity contribution in [3.8, 4) is 11.6 Å². The van der Waals surface area contributed by atoms with Crippen molar-refractivity contribution in [1.29, 1.82) is 0 Å². The predicted molar refractivity (Wildman–Crippen MR) is 125 cm³/mol. The number of aryl methyl sites for hydroxylation is 1. The summed E-state index contributed by atoms with van der Waals surface area (Å²) in [7, 11) is 1.98. The van der Waals surface area contributed by atoms with E-state index in [1.807, 2.05) is 24.7 Å². The van der Waals surface area contributed by atoms with Crippen LogP contribution in [0.4, 0.5) is 0 Å². The van der Waals surface area contributed by atoms with Crippen LogP contribution in [0.25, 0.3) is 22.5 Å². The first-order chi connectivity index (χ1) is 15.7. The highest BCUT2D eigenvalue weighted by Crippen LogP contribution is 2.60. The van der Waals surface area contributed by atoms with E-state index in [0.29, 0.717) is 11.2 Å². The van der Waals surface area contributed by atoms with Crippen LogP contribution in [0.5, 0.6) is 0 Å². The van der Waals surface area contributed by atoms with Crippen LogP contribution in [0.2, 0.25) is 0 Å². The summed E-state index contributed by atoms with van der Waals surface area (Å²) < 4.78 is 7.46. The minimum Gasteiger partial charge on any atom is -0.440 e. The molecule has 4 aromatic rings. The van der Waals surface area contributed by atoms with Crippen LogP contribution in [0.1, 0.15) is 24.1 Å². The van der Waals surface area contributed by atoms with Crippen molar-refractivity contribution in [3.05, 3.63) is 54.2 Å². The lowest BCUT2D eigenvalue weighted by Gasteiger charge is -2.21. The molecule has 2 fully saturated rings. The van der Waals surface area contributed by atoms with Gasteiger partial charge >= 0.3 is 0 Å². The fourth-order valence-electron chi connectivity index (χ4n) is 5.32. The molecule has 164 valence electrons. The van der Waals surface area contributed by atoms with Gasteiger partial charge in [-0.05, 0) is 49.9 Å². The molecule has 1 aliphatic carbocycles. The van der Waals surface area contributed by atoms with E-state index in [0.717, 1.165) is 53.4 Å². The van der Waals surface area contributed by atoms with Crippen LogP contribution in [0, 0.1) is 12.8 Å². The quantitative estimate of drug-likeness (QED) is 0.313. The van der Waals surface area contributed by atoms with Gasteiger partial charge in [0.1, 0.15) is 0 Å². The van der Waals surface area contributed by atoms with Crippen molar-refractivity contribution in [1.82, 2.24) is 29.6 Å². The first-order valence-electron chi connectivity index (χ1n) is 11.1. The molecule has 3 aromatic heterocycles. The van der Waals surface area contributed by atoms with Gasteiger partial charge in [0.15, 0.2) is 17.3 Å². The summed E-state index contributed by atoms with van der Waals surface area (Å²) in [5.41, 5.74) is 3.78. The third-order valence-electron chi connectivity index (χ3n) is 7.03. The standard InChI is InChI=1S/C24H26N6OS/c1-16-21(31-15-26-16)22-27-28-23(29(22)2)32-11-5-10-30-13-17-12-24(17,14-30)19-7-3-8-20-18(19)6-4-9-25-20/h3-4,6-9,15,17H,5,10-14H2,1-2H3. The fourth-order valence-corrected chi connectivity index (χ4v) is 6.15. The van der Waals surface area contributed by atoms with E-state index in [2.05, 4.69) is 55.4 Å². The number of fused-ring (bicyclic) bond motifs is 2. The van der Waals surface area contributed by atoms with Gasteiger partial charge in [0.05, 0.1) is 11.2 Å². The molecule has 1 aromatic carbocycles. The van der Waals surface area contributed by atoms with Gasteiger partial charge in [0.2, 0.25) is 5.82 Å². The van der Waals surface area contributed by atoms with Gasteiger partial charge in [0.25, 0.3) is 0 Å². The van der Waals surface area contributed by atoms with Crippen LogP contribution >= 0.6 is 11.8 Å². The summed E-state index contributed by atoms with van der Waals surface area (Å²) in [6.45, 7) is 5.41. The third-order valence-corrected chi connectivity index (χ3v) is 8.14. The number of hydrogen-bond acceptors (Lipinski definition) is 7. The second-order valence-electron chi connectivity index (χ2n) is 9.00. The lowest BCUT2D eigenvalue weighted by Crippen LogP contribution is -2.28. The van der Waals surface area contributed by atoms with Gasteiger partial charge < -0.3 is 13.9 Å². The average Bonchev–Trinajstić information content (AvgIpc) is 3.10. The molecule has 32 heavy (non-hydrogen) atoms. The second-order valence-corrected chi connectivity index (χ2v) is 10.1. The molecule has 8 heteroatoms. The van der Waals surface area contributed by atoms with E-state index in [-0.39, 0.29) is 0 Å². The molecular formula is C24H26N6OS. The Balaban J connectivity index is 1.06. The van der Waals surface area contributed by atoms with Crippen LogP contribution < -0.4 is 0 Å². The number of thioether (sulfide) groups is 1. The Morgan fingerprint density at radius 1 is 1.19 bits per heavy atom. The molecule has 2 aliphatic rings. The van der Waals surface area contributed by atoms with E-state index in [1.54, 1.807) is 11.8 Å². The number of nitrogens with zero attached hydrogens (tertiary/aromatic N) is 6. The van der Waals surface area contributed by atoms with E-state index >= 15 is 0 Å². The maximum atomic E-state index is 5.47. The van der Waals surface area contributed by atoms with Gasteiger partial charge in [-0.25, -0.2) is 4.98 Å². The van der Waals surface area contributed by atoms with Crippen molar-refractivity contribution in [2.45, 2.75) is 30.3 Å². The third kappa shape index (κ3) is 3.24. The molecule has 7 nitrogen and oxygen atoms in total. The molecule has 2 unspecified atom stereocenters. The number of aromatic nitrogens is 5. The van der Waals surface area contributed by atoms with Crippen molar-refractivity contribution in [2.24, 2.45) is 13.0 Å². The molecule has 0 N–H and O–H groups in total. The van der Waals surface area contributed by atoms with E-state index in [1.165, 1.54) is 30.3 Å². The van der Waals surface area contributed by atoms with Gasteiger partial charge in [-0.15, -0.1) is 10.2 Å². The highest BCUT2D eigenvalue weighted by atomic mass is 32.2. The first kappa shape index (κ1) is 19.9. The van der Waals surface area contributed by atoms with Crippen molar-refractivity contribution >= 4 is 22.7 Å². The Labute approximate surface area is 191 Å². The van der Waals surface area contributed by atoms with E-state index in [4.69, 9.17) is 4.42 Å². The number of benzene rings is 1. The molecule has 1 saturated heterocycles. The van der Waals surface area contributed by atoms with Crippen LogP contribution in [0.15, 0.2) is 52.5 Å². The van der Waals surface area contributed by atoms with Crippen molar-refractivity contribution in [3.63, 3.8) is 0 Å². The number of rotatable bonds is 7. The minimum atomic E-state index is 0.336. The molecule has 0 spiro atoms. The van der Waals surface area contributed by atoms with Gasteiger partial charge in [-0.1, -0.05) is 30.0 Å². The normalized spacial score (nSPS) is 22.5. The molecule has 0 bridgehead atoms. The van der Waals surface area contributed by atoms with E-state index < -0.39 is 0 Å². The smallest absolute Gasteiger partial charge is 0.202 e. The molecule has 0 amide bonds. The Kier molecular flexibility index (Phi) is 4.80. The molecule has 4 heterocycles. The first-order valence-corrected chi connectivity index (χ1v) is 12.1. The molecule has 0 radical (unpaired) electrons.